The van der Waals surface area contributed by atoms with Crippen molar-refractivity contribution in [2.24, 2.45) is 5.92 Å². The molecule has 0 amide bonds. The van der Waals surface area contributed by atoms with Crippen molar-refractivity contribution in [1.82, 2.24) is 5.32 Å². The predicted molar refractivity (Wildman–Crippen MR) is 69.9 cm³/mol. The molecule has 2 aliphatic heterocycles. The minimum Gasteiger partial charge on any atom is -0.361 e. The van der Waals surface area contributed by atoms with Crippen molar-refractivity contribution < 1.29 is 9.31 Å². The summed E-state index contributed by atoms with van der Waals surface area (Å²) in [6.07, 6.45) is 1.03. The van der Waals surface area contributed by atoms with Crippen LogP contribution in [-0.2, 0) is 0 Å². The molecule has 3 rings (SSSR count). The van der Waals surface area contributed by atoms with Gasteiger partial charge in [-0.3, -0.25) is 10.1 Å². The lowest BCUT2D eigenvalue weighted by Crippen LogP contribution is -2.34. The molecule has 5 nitrogen and oxygen atoms in total. The minimum atomic E-state index is -0.518. The van der Waals surface area contributed by atoms with E-state index in [1.807, 2.05) is 0 Å². The Kier molecular flexibility index (Phi) is 2.89. The monoisotopic (exact) mass is 265 g/mol. The number of nitrogens with zero attached hydrogens (tertiary/aromatic N) is 2. The molecular formula is C13H16FN3O2. The van der Waals surface area contributed by atoms with Crippen LogP contribution in [0.1, 0.15) is 12.0 Å². The molecule has 1 N–H and O–H groups in total. The standard InChI is InChI=1S/C13H16FN3O2/c1-8-4-11(12(17(18)19)5-10(8)14)16-3-2-9-6-15-7-13(9)16/h4-5,9,13,15H,2-3,6-7H2,1H3/t9-,13+/m0/s1. The van der Waals surface area contributed by atoms with E-state index >= 15 is 0 Å². The highest BCUT2D eigenvalue weighted by Gasteiger charge is 2.39. The van der Waals surface area contributed by atoms with Gasteiger partial charge in [0.05, 0.1) is 11.0 Å². The fourth-order valence-corrected chi connectivity index (χ4v) is 3.18. The fourth-order valence-electron chi connectivity index (χ4n) is 3.18. The molecule has 0 saturated carbocycles. The Balaban J connectivity index is 2.04. The third-order valence-corrected chi connectivity index (χ3v) is 4.21. The van der Waals surface area contributed by atoms with Crippen LogP contribution in [0, 0.1) is 28.8 Å². The zero-order valence-electron chi connectivity index (χ0n) is 10.7. The van der Waals surface area contributed by atoms with Crippen LogP contribution in [0.2, 0.25) is 0 Å². The van der Waals surface area contributed by atoms with Gasteiger partial charge in [0.1, 0.15) is 11.5 Å². The molecule has 1 aromatic rings. The Morgan fingerprint density at radius 2 is 2.26 bits per heavy atom. The van der Waals surface area contributed by atoms with E-state index in [9.17, 15) is 14.5 Å². The lowest BCUT2D eigenvalue weighted by molar-refractivity contribution is -0.384. The minimum absolute atomic E-state index is 0.129. The molecule has 2 fully saturated rings. The Morgan fingerprint density at radius 3 is 3.00 bits per heavy atom. The van der Waals surface area contributed by atoms with Crippen molar-refractivity contribution in [3.63, 3.8) is 0 Å². The second-order valence-electron chi connectivity index (χ2n) is 5.31. The average Bonchev–Trinajstić information content (AvgIpc) is 2.94. The molecule has 1 aromatic carbocycles. The summed E-state index contributed by atoms with van der Waals surface area (Å²) >= 11 is 0. The van der Waals surface area contributed by atoms with Crippen LogP contribution < -0.4 is 10.2 Å². The molecule has 0 spiro atoms. The number of nitrogens with one attached hydrogen (secondary N) is 1. The Labute approximate surface area is 110 Å². The topological polar surface area (TPSA) is 58.4 Å². The number of anilines is 1. The van der Waals surface area contributed by atoms with Crippen LogP contribution in [-0.4, -0.2) is 30.6 Å². The van der Waals surface area contributed by atoms with E-state index in [4.69, 9.17) is 0 Å². The van der Waals surface area contributed by atoms with Gasteiger partial charge >= 0.3 is 0 Å². The second kappa shape index (κ2) is 4.45. The number of rotatable bonds is 2. The van der Waals surface area contributed by atoms with E-state index < -0.39 is 10.7 Å². The second-order valence-corrected chi connectivity index (χ2v) is 5.31. The summed E-state index contributed by atoms with van der Waals surface area (Å²) in [5.74, 6) is 0.0284. The smallest absolute Gasteiger partial charge is 0.295 e. The number of nitro groups is 1. The molecule has 0 unspecified atom stereocenters. The lowest BCUT2D eigenvalue weighted by atomic mass is 10.0. The first-order chi connectivity index (χ1) is 9.08. The van der Waals surface area contributed by atoms with E-state index in [1.165, 1.54) is 0 Å². The Morgan fingerprint density at radius 1 is 1.47 bits per heavy atom. The highest BCUT2D eigenvalue weighted by atomic mass is 19.1. The first kappa shape index (κ1) is 12.3. The van der Waals surface area contributed by atoms with Gasteiger partial charge in [0, 0.05) is 25.7 Å². The molecule has 0 bridgehead atoms. The molecule has 2 atom stereocenters. The summed E-state index contributed by atoms with van der Waals surface area (Å²) in [5, 5.41) is 14.4. The van der Waals surface area contributed by atoms with Gasteiger partial charge < -0.3 is 10.2 Å². The van der Waals surface area contributed by atoms with Crippen molar-refractivity contribution in [2.75, 3.05) is 24.5 Å². The van der Waals surface area contributed by atoms with E-state index in [-0.39, 0.29) is 5.69 Å². The van der Waals surface area contributed by atoms with Gasteiger partial charge in [0.25, 0.3) is 5.69 Å². The summed E-state index contributed by atoms with van der Waals surface area (Å²) < 4.78 is 13.5. The molecule has 6 heteroatoms. The number of fused-ring (bicyclic) bond motifs is 1. The summed E-state index contributed by atoms with van der Waals surface area (Å²) in [6.45, 7) is 4.26. The number of halogens is 1. The van der Waals surface area contributed by atoms with Crippen LogP contribution in [0.4, 0.5) is 15.8 Å². The Bertz CT molecular complexity index is 535. The summed E-state index contributed by atoms with van der Waals surface area (Å²) in [5.41, 5.74) is 0.880. The first-order valence-electron chi connectivity index (χ1n) is 6.50. The first-order valence-corrected chi connectivity index (χ1v) is 6.50. The third-order valence-electron chi connectivity index (χ3n) is 4.21. The molecule has 19 heavy (non-hydrogen) atoms. The van der Waals surface area contributed by atoms with E-state index in [2.05, 4.69) is 10.2 Å². The van der Waals surface area contributed by atoms with Gasteiger partial charge in [-0.2, -0.15) is 0 Å². The molecule has 0 radical (unpaired) electrons. The van der Waals surface area contributed by atoms with Crippen LogP contribution in [0.15, 0.2) is 12.1 Å². The van der Waals surface area contributed by atoms with Crippen LogP contribution in [0.3, 0.4) is 0 Å². The summed E-state index contributed by atoms with van der Waals surface area (Å²) in [4.78, 5) is 12.7. The van der Waals surface area contributed by atoms with E-state index in [1.54, 1.807) is 13.0 Å². The molecule has 0 aliphatic carbocycles. The molecular weight excluding hydrogens is 249 g/mol. The lowest BCUT2D eigenvalue weighted by Gasteiger charge is -2.25. The summed E-state index contributed by atoms with van der Waals surface area (Å²) in [6, 6.07) is 2.94. The zero-order valence-corrected chi connectivity index (χ0v) is 10.7. The number of hydrogen-bond donors (Lipinski definition) is 1. The van der Waals surface area contributed by atoms with Gasteiger partial charge in [-0.15, -0.1) is 0 Å². The largest absolute Gasteiger partial charge is 0.361 e. The zero-order chi connectivity index (χ0) is 13.6. The van der Waals surface area contributed by atoms with Crippen LogP contribution in [0.5, 0.6) is 0 Å². The fraction of sp³-hybridized carbons (Fsp3) is 0.538. The average molecular weight is 265 g/mol. The number of benzene rings is 1. The van der Waals surface area contributed by atoms with E-state index in [0.717, 1.165) is 32.1 Å². The van der Waals surface area contributed by atoms with Gasteiger partial charge in [-0.1, -0.05) is 0 Å². The van der Waals surface area contributed by atoms with Crippen molar-refractivity contribution in [3.05, 3.63) is 33.6 Å². The molecule has 2 aliphatic rings. The van der Waals surface area contributed by atoms with Crippen molar-refractivity contribution in [2.45, 2.75) is 19.4 Å². The van der Waals surface area contributed by atoms with Crippen LogP contribution in [0.25, 0.3) is 0 Å². The highest BCUT2D eigenvalue weighted by Crippen LogP contribution is 2.38. The van der Waals surface area contributed by atoms with Gasteiger partial charge in [0.2, 0.25) is 0 Å². The molecule has 2 heterocycles. The Hall–Kier alpha value is -1.69. The van der Waals surface area contributed by atoms with Crippen molar-refractivity contribution in [1.29, 1.82) is 0 Å². The maximum Gasteiger partial charge on any atom is 0.295 e. The van der Waals surface area contributed by atoms with Crippen LogP contribution >= 0.6 is 0 Å². The molecule has 0 aromatic heterocycles. The molecule has 2 saturated heterocycles. The van der Waals surface area contributed by atoms with Crippen molar-refractivity contribution >= 4 is 11.4 Å². The number of hydrogen-bond acceptors (Lipinski definition) is 4. The van der Waals surface area contributed by atoms with E-state index in [0.29, 0.717) is 23.2 Å². The normalized spacial score (nSPS) is 25.7. The molecule has 102 valence electrons. The number of aryl methyl sites for hydroxylation is 1. The maximum absolute atomic E-state index is 13.5. The SMILES string of the molecule is Cc1cc(N2CC[C@H]3CNC[C@H]32)c([N+](=O)[O-])cc1F. The quantitative estimate of drug-likeness (QED) is 0.655. The predicted octanol–water partition coefficient (Wildman–Crippen LogP) is 1.84. The van der Waals surface area contributed by atoms with Gasteiger partial charge in [0.15, 0.2) is 0 Å². The maximum atomic E-state index is 13.5. The number of nitro benzene ring substituents is 1. The summed E-state index contributed by atoms with van der Waals surface area (Å²) in [7, 11) is 0. The van der Waals surface area contributed by atoms with Crippen molar-refractivity contribution in [3.8, 4) is 0 Å². The third kappa shape index (κ3) is 1.96. The van der Waals surface area contributed by atoms with Gasteiger partial charge in [-0.05, 0) is 30.9 Å². The highest BCUT2D eigenvalue weighted by molar-refractivity contribution is 5.66. The van der Waals surface area contributed by atoms with Gasteiger partial charge in [-0.25, -0.2) is 4.39 Å².